The van der Waals surface area contributed by atoms with Crippen LogP contribution in [0.5, 0.6) is 0 Å². The maximum atomic E-state index is 13.3. The van der Waals surface area contributed by atoms with E-state index in [4.69, 9.17) is 4.74 Å². The van der Waals surface area contributed by atoms with E-state index in [0.29, 0.717) is 13.0 Å². The van der Waals surface area contributed by atoms with Gasteiger partial charge in [0.25, 0.3) is 0 Å². The van der Waals surface area contributed by atoms with Gasteiger partial charge < -0.3 is 20.3 Å². The van der Waals surface area contributed by atoms with Crippen LogP contribution in [0, 0.1) is 0 Å². The summed E-state index contributed by atoms with van der Waals surface area (Å²) in [7, 11) is 0. The average Bonchev–Trinajstić information content (AvgIpc) is 2.77. The van der Waals surface area contributed by atoms with Crippen molar-refractivity contribution in [2.24, 2.45) is 0 Å². The Kier molecular flexibility index (Phi) is 12.0. The smallest absolute Gasteiger partial charge is 0.408 e. The first-order valence-electron chi connectivity index (χ1n) is 12.2. The Morgan fingerprint density at radius 1 is 1.00 bits per heavy atom. The molecule has 1 aromatic carbocycles. The Morgan fingerprint density at radius 2 is 1.64 bits per heavy atom. The number of carbonyl (C=O) groups is 3. The zero-order valence-corrected chi connectivity index (χ0v) is 21.5. The molecule has 7 heteroatoms. The summed E-state index contributed by atoms with van der Waals surface area (Å²) in [5.74, 6) is -0.537. The van der Waals surface area contributed by atoms with Gasteiger partial charge in [0.05, 0.1) is 0 Å². The second-order valence-electron chi connectivity index (χ2n) is 9.41. The third-order valence-corrected chi connectivity index (χ3v) is 5.45. The number of hydrogen-bond donors (Lipinski definition) is 2. The number of rotatable bonds is 12. The zero-order chi connectivity index (χ0) is 25.0. The van der Waals surface area contributed by atoms with Crippen molar-refractivity contribution < 1.29 is 19.1 Å². The minimum absolute atomic E-state index is 0.199. The Morgan fingerprint density at radius 3 is 2.15 bits per heavy atom. The predicted octanol–water partition coefficient (Wildman–Crippen LogP) is 4.75. The molecule has 0 spiro atoms. The molecule has 186 valence electrons. The molecule has 0 aliphatic carbocycles. The fourth-order valence-corrected chi connectivity index (χ4v) is 3.45. The molecular formula is C26H43N3O4. The van der Waals surface area contributed by atoms with Gasteiger partial charge in [0, 0.05) is 12.6 Å². The molecular weight excluding hydrogens is 418 g/mol. The molecule has 2 unspecified atom stereocenters. The van der Waals surface area contributed by atoms with Gasteiger partial charge in [0.2, 0.25) is 11.8 Å². The number of hydrogen-bond acceptors (Lipinski definition) is 4. The van der Waals surface area contributed by atoms with Crippen LogP contribution in [0.4, 0.5) is 4.79 Å². The molecule has 1 aromatic rings. The normalized spacial score (nSPS) is 13.1. The SMILES string of the molecule is CCCCCNC(=O)C(c1ccc(CC)cc1)N(C(=O)CNC(=O)OC(C)(C)C)C(C)CC. The molecule has 7 nitrogen and oxygen atoms in total. The molecule has 1 rings (SSSR count). The van der Waals surface area contributed by atoms with E-state index < -0.39 is 17.7 Å². The number of nitrogens with one attached hydrogen (secondary N) is 2. The third-order valence-electron chi connectivity index (χ3n) is 5.45. The maximum absolute atomic E-state index is 13.3. The minimum Gasteiger partial charge on any atom is -0.444 e. The number of benzene rings is 1. The summed E-state index contributed by atoms with van der Waals surface area (Å²) < 4.78 is 5.25. The van der Waals surface area contributed by atoms with E-state index in [1.165, 1.54) is 0 Å². The summed E-state index contributed by atoms with van der Waals surface area (Å²) in [4.78, 5) is 40.3. The predicted molar refractivity (Wildman–Crippen MR) is 132 cm³/mol. The van der Waals surface area contributed by atoms with E-state index in [2.05, 4.69) is 24.5 Å². The summed E-state index contributed by atoms with van der Waals surface area (Å²) in [5.41, 5.74) is 1.26. The number of carbonyl (C=O) groups excluding carboxylic acids is 3. The van der Waals surface area contributed by atoms with Gasteiger partial charge in [-0.1, -0.05) is 57.9 Å². The van der Waals surface area contributed by atoms with Crippen LogP contribution < -0.4 is 10.6 Å². The Hall–Kier alpha value is -2.57. The van der Waals surface area contributed by atoms with Gasteiger partial charge in [-0.05, 0) is 58.1 Å². The van der Waals surface area contributed by atoms with E-state index in [9.17, 15) is 14.4 Å². The van der Waals surface area contributed by atoms with Crippen molar-refractivity contribution in [1.82, 2.24) is 15.5 Å². The summed E-state index contributed by atoms with van der Waals surface area (Å²) in [5, 5.41) is 5.55. The monoisotopic (exact) mass is 461 g/mol. The lowest BCUT2D eigenvalue weighted by Crippen LogP contribution is -2.51. The van der Waals surface area contributed by atoms with Gasteiger partial charge in [-0.25, -0.2) is 4.79 Å². The van der Waals surface area contributed by atoms with E-state index >= 15 is 0 Å². The van der Waals surface area contributed by atoms with Crippen LogP contribution in [0.1, 0.15) is 91.3 Å². The molecule has 0 radical (unpaired) electrons. The molecule has 3 amide bonds. The van der Waals surface area contributed by atoms with E-state index in [0.717, 1.165) is 36.8 Å². The Balaban J connectivity index is 3.17. The van der Waals surface area contributed by atoms with Crippen LogP contribution in [0.15, 0.2) is 24.3 Å². The number of aryl methyl sites for hydroxylation is 1. The number of alkyl carbamates (subject to hydrolysis) is 1. The maximum Gasteiger partial charge on any atom is 0.408 e. The number of amides is 3. The highest BCUT2D eigenvalue weighted by Crippen LogP contribution is 2.26. The summed E-state index contributed by atoms with van der Waals surface area (Å²) in [6.45, 7) is 13.7. The lowest BCUT2D eigenvalue weighted by molar-refractivity contribution is -0.142. The fourth-order valence-electron chi connectivity index (χ4n) is 3.45. The van der Waals surface area contributed by atoms with Crippen molar-refractivity contribution in [3.8, 4) is 0 Å². The molecule has 0 fully saturated rings. The molecule has 0 bridgehead atoms. The quantitative estimate of drug-likeness (QED) is 0.440. The molecule has 0 aliphatic heterocycles. The molecule has 2 N–H and O–H groups in total. The van der Waals surface area contributed by atoms with E-state index in [1.807, 2.05) is 38.1 Å². The van der Waals surface area contributed by atoms with Gasteiger partial charge in [0.15, 0.2) is 0 Å². The summed E-state index contributed by atoms with van der Waals surface area (Å²) >= 11 is 0. The van der Waals surface area contributed by atoms with Crippen molar-refractivity contribution in [3.05, 3.63) is 35.4 Å². The lowest BCUT2D eigenvalue weighted by Gasteiger charge is -2.36. The summed E-state index contributed by atoms with van der Waals surface area (Å²) in [6, 6.07) is 6.84. The topological polar surface area (TPSA) is 87.7 Å². The van der Waals surface area contributed by atoms with Gasteiger partial charge >= 0.3 is 6.09 Å². The van der Waals surface area contributed by atoms with Crippen molar-refractivity contribution >= 4 is 17.9 Å². The van der Waals surface area contributed by atoms with Gasteiger partial charge in [-0.3, -0.25) is 9.59 Å². The average molecular weight is 462 g/mol. The zero-order valence-electron chi connectivity index (χ0n) is 21.5. The highest BCUT2D eigenvalue weighted by atomic mass is 16.6. The minimum atomic E-state index is -0.777. The Bertz CT molecular complexity index is 756. The van der Waals surface area contributed by atoms with Crippen molar-refractivity contribution in [3.63, 3.8) is 0 Å². The Labute approximate surface area is 199 Å². The standard InChI is InChI=1S/C26H43N3O4/c1-8-11-12-17-27-24(31)23(21-15-13-20(10-3)14-16-21)29(19(4)9-2)22(30)18-28-25(32)33-26(5,6)7/h13-16,19,23H,8-12,17-18H2,1-7H3,(H,27,31)(H,28,32). The van der Waals surface area contributed by atoms with Crippen LogP contribution >= 0.6 is 0 Å². The first-order valence-corrected chi connectivity index (χ1v) is 12.2. The molecule has 0 aromatic heterocycles. The van der Waals surface area contributed by atoms with Gasteiger partial charge in [-0.15, -0.1) is 0 Å². The summed E-state index contributed by atoms with van der Waals surface area (Å²) in [6.07, 6.45) is 3.89. The van der Waals surface area contributed by atoms with E-state index in [1.54, 1.807) is 25.7 Å². The van der Waals surface area contributed by atoms with Crippen molar-refractivity contribution in [2.75, 3.05) is 13.1 Å². The fraction of sp³-hybridized carbons (Fsp3) is 0.654. The molecule has 0 saturated heterocycles. The first kappa shape index (κ1) is 28.5. The molecule has 33 heavy (non-hydrogen) atoms. The second-order valence-corrected chi connectivity index (χ2v) is 9.41. The van der Waals surface area contributed by atoms with Crippen molar-refractivity contribution in [1.29, 1.82) is 0 Å². The first-order chi connectivity index (χ1) is 15.5. The number of ether oxygens (including phenoxy) is 1. The van der Waals surface area contributed by atoms with Crippen LogP contribution in [0.25, 0.3) is 0 Å². The van der Waals surface area contributed by atoms with Crippen LogP contribution in [0.2, 0.25) is 0 Å². The largest absolute Gasteiger partial charge is 0.444 e. The van der Waals surface area contributed by atoms with Crippen LogP contribution in [-0.4, -0.2) is 47.5 Å². The highest BCUT2D eigenvalue weighted by Gasteiger charge is 2.34. The van der Waals surface area contributed by atoms with Crippen LogP contribution in [-0.2, 0) is 20.7 Å². The number of unbranched alkanes of at least 4 members (excludes halogenated alkanes) is 2. The van der Waals surface area contributed by atoms with Crippen LogP contribution in [0.3, 0.4) is 0 Å². The molecule has 0 saturated carbocycles. The van der Waals surface area contributed by atoms with Gasteiger partial charge in [-0.2, -0.15) is 0 Å². The third kappa shape index (κ3) is 9.84. The van der Waals surface area contributed by atoms with Gasteiger partial charge in [0.1, 0.15) is 18.2 Å². The number of nitrogens with zero attached hydrogens (tertiary/aromatic N) is 1. The van der Waals surface area contributed by atoms with E-state index in [-0.39, 0.29) is 24.4 Å². The molecule has 0 heterocycles. The molecule has 2 atom stereocenters. The lowest BCUT2D eigenvalue weighted by atomic mass is 9.99. The van der Waals surface area contributed by atoms with Crippen molar-refractivity contribution in [2.45, 2.75) is 98.3 Å². The highest BCUT2D eigenvalue weighted by molar-refractivity contribution is 5.90. The molecule has 0 aliphatic rings. The second kappa shape index (κ2) is 13.9.